The third-order valence-corrected chi connectivity index (χ3v) is 6.42. The van der Waals surface area contributed by atoms with Crippen molar-refractivity contribution in [3.8, 4) is 0 Å². The number of aromatic amines is 1. The average Bonchev–Trinajstić information content (AvgIpc) is 3.17. The Morgan fingerprint density at radius 3 is 2.73 bits per heavy atom. The molecular formula is C20H25ClFN3O. The van der Waals surface area contributed by atoms with Crippen LogP contribution in [-0.2, 0) is 11.2 Å². The molecule has 4 rings (SSSR count). The lowest BCUT2D eigenvalue weighted by molar-refractivity contribution is -0.140. The van der Waals surface area contributed by atoms with E-state index >= 15 is 0 Å². The van der Waals surface area contributed by atoms with Crippen molar-refractivity contribution in [2.75, 3.05) is 13.1 Å². The van der Waals surface area contributed by atoms with Gasteiger partial charge in [0.1, 0.15) is 0 Å². The fraction of sp³-hybridized carbons (Fsp3) is 0.600. The van der Waals surface area contributed by atoms with Gasteiger partial charge in [0.05, 0.1) is 11.7 Å². The van der Waals surface area contributed by atoms with Gasteiger partial charge in [-0.1, -0.05) is 25.4 Å². The summed E-state index contributed by atoms with van der Waals surface area (Å²) in [4.78, 5) is 13.9. The van der Waals surface area contributed by atoms with E-state index in [0.717, 1.165) is 35.2 Å². The molecule has 0 unspecified atom stereocenters. The van der Waals surface area contributed by atoms with E-state index in [1.807, 2.05) is 12.1 Å². The molecule has 140 valence electrons. The normalized spacial score (nSPS) is 20.5. The largest absolute Gasteiger partial charge is 0.340 e. The molecule has 0 bridgehead atoms. The maximum absolute atomic E-state index is 14.0. The summed E-state index contributed by atoms with van der Waals surface area (Å²) >= 11 is 6.28. The number of aromatic nitrogens is 2. The average molecular weight is 378 g/mol. The van der Waals surface area contributed by atoms with Gasteiger partial charge in [0.15, 0.2) is 5.67 Å². The van der Waals surface area contributed by atoms with Crippen LogP contribution in [0.4, 0.5) is 4.39 Å². The van der Waals surface area contributed by atoms with Gasteiger partial charge < -0.3 is 4.90 Å². The number of alkyl halides is 1. The van der Waals surface area contributed by atoms with E-state index in [0.29, 0.717) is 31.8 Å². The standard InChI is InChI=1S/C20H25ClFN3O/c1-19(2,11-13-9-16(21)10-14-12-23-24-17(13)14)15-3-7-25(8-4-15)18(26)20(22)5-6-20/h9-10,12,15H,3-8,11H2,1-2H3,(H,23,24). The molecule has 1 saturated carbocycles. The van der Waals surface area contributed by atoms with Gasteiger partial charge in [-0.25, -0.2) is 4.39 Å². The summed E-state index contributed by atoms with van der Waals surface area (Å²) in [6.45, 7) is 5.87. The van der Waals surface area contributed by atoms with E-state index in [-0.39, 0.29) is 11.3 Å². The van der Waals surface area contributed by atoms with E-state index in [2.05, 4.69) is 24.0 Å². The Balaban J connectivity index is 1.45. The number of H-pyrrole nitrogens is 1. The van der Waals surface area contributed by atoms with Crippen LogP contribution in [0.2, 0.25) is 5.02 Å². The number of amides is 1. The minimum absolute atomic E-state index is 0.0604. The fourth-order valence-electron chi connectivity index (χ4n) is 4.34. The number of rotatable bonds is 4. The van der Waals surface area contributed by atoms with Crippen LogP contribution in [0.15, 0.2) is 18.3 Å². The number of nitrogens with zero attached hydrogens (tertiary/aromatic N) is 2. The highest BCUT2D eigenvalue weighted by atomic mass is 35.5. The van der Waals surface area contributed by atoms with Gasteiger partial charge in [-0.15, -0.1) is 0 Å². The van der Waals surface area contributed by atoms with E-state index in [9.17, 15) is 9.18 Å². The number of benzene rings is 1. The minimum Gasteiger partial charge on any atom is -0.340 e. The smallest absolute Gasteiger partial charge is 0.260 e. The Hall–Kier alpha value is -1.62. The number of piperidine rings is 1. The first-order chi connectivity index (χ1) is 12.3. The van der Waals surface area contributed by atoms with Gasteiger partial charge in [-0.05, 0) is 61.1 Å². The lowest BCUT2D eigenvalue weighted by Gasteiger charge is -2.41. The molecule has 0 atom stereocenters. The molecule has 1 aromatic heterocycles. The molecular weight excluding hydrogens is 353 g/mol. The summed E-state index contributed by atoms with van der Waals surface area (Å²) < 4.78 is 14.0. The molecule has 1 aromatic carbocycles. The molecule has 26 heavy (non-hydrogen) atoms. The molecule has 0 radical (unpaired) electrons. The minimum atomic E-state index is -1.55. The molecule has 4 nitrogen and oxygen atoms in total. The lowest BCUT2D eigenvalue weighted by atomic mass is 9.70. The van der Waals surface area contributed by atoms with Gasteiger partial charge in [0, 0.05) is 23.5 Å². The topological polar surface area (TPSA) is 49.0 Å². The SMILES string of the molecule is CC(C)(Cc1cc(Cl)cc2cn[nH]c12)C1CCN(C(=O)C2(F)CC2)CC1. The Kier molecular flexibility index (Phi) is 4.25. The van der Waals surface area contributed by atoms with Gasteiger partial charge in [-0.2, -0.15) is 5.10 Å². The number of carbonyl (C=O) groups is 1. The number of likely N-dealkylation sites (tertiary alicyclic amines) is 1. The van der Waals surface area contributed by atoms with Crippen LogP contribution < -0.4 is 0 Å². The third kappa shape index (κ3) is 3.22. The molecule has 1 saturated heterocycles. The summed E-state index contributed by atoms with van der Waals surface area (Å²) in [5, 5.41) is 8.98. The first-order valence-electron chi connectivity index (χ1n) is 9.38. The van der Waals surface area contributed by atoms with E-state index in [4.69, 9.17) is 11.6 Å². The lowest BCUT2D eigenvalue weighted by Crippen LogP contribution is -2.46. The molecule has 1 amide bonds. The summed E-state index contributed by atoms with van der Waals surface area (Å²) in [7, 11) is 0. The number of carbonyl (C=O) groups excluding carboxylic acids is 1. The highest BCUT2D eigenvalue weighted by Gasteiger charge is 2.53. The first kappa shape index (κ1) is 17.8. The molecule has 2 aromatic rings. The monoisotopic (exact) mass is 377 g/mol. The van der Waals surface area contributed by atoms with Gasteiger partial charge in [0.2, 0.25) is 0 Å². The van der Waals surface area contributed by atoms with Crippen molar-refractivity contribution in [1.29, 1.82) is 0 Å². The fourth-order valence-corrected chi connectivity index (χ4v) is 4.59. The van der Waals surface area contributed by atoms with Crippen LogP contribution in [0.25, 0.3) is 10.9 Å². The van der Waals surface area contributed by atoms with E-state index in [1.54, 1.807) is 11.1 Å². The second-order valence-electron chi connectivity index (χ2n) is 8.60. The summed E-state index contributed by atoms with van der Waals surface area (Å²) in [6.07, 6.45) is 5.31. The van der Waals surface area contributed by atoms with E-state index in [1.165, 1.54) is 5.56 Å². The third-order valence-electron chi connectivity index (χ3n) is 6.20. The van der Waals surface area contributed by atoms with E-state index < -0.39 is 5.67 Å². The quantitative estimate of drug-likeness (QED) is 0.851. The number of fused-ring (bicyclic) bond motifs is 1. The zero-order valence-corrected chi connectivity index (χ0v) is 16.1. The Morgan fingerprint density at radius 2 is 2.08 bits per heavy atom. The maximum atomic E-state index is 14.0. The van der Waals surface area contributed by atoms with Crippen molar-refractivity contribution >= 4 is 28.4 Å². The van der Waals surface area contributed by atoms with Crippen LogP contribution in [-0.4, -0.2) is 39.8 Å². The van der Waals surface area contributed by atoms with Crippen LogP contribution >= 0.6 is 11.6 Å². The van der Waals surface area contributed by atoms with Crippen molar-refractivity contribution in [3.05, 3.63) is 28.9 Å². The highest BCUT2D eigenvalue weighted by molar-refractivity contribution is 6.31. The highest BCUT2D eigenvalue weighted by Crippen LogP contribution is 2.44. The zero-order valence-electron chi connectivity index (χ0n) is 15.3. The predicted octanol–water partition coefficient (Wildman–Crippen LogP) is 4.53. The van der Waals surface area contributed by atoms with Crippen molar-refractivity contribution < 1.29 is 9.18 Å². The number of halogens is 2. The van der Waals surface area contributed by atoms with Crippen molar-refractivity contribution in [2.24, 2.45) is 11.3 Å². The van der Waals surface area contributed by atoms with Gasteiger partial charge >= 0.3 is 0 Å². The second kappa shape index (κ2) is 6.22. The molecule has 1 aliphatic carbocycles. The van der Waals surface area contributed by atoms with Crippen LogP contribution in [0.5, 0.6) is 0 Å². The van der Waals surface area contributed by atoms with Crippen LogP contribution in [0.1, 0.15) is 45.1 Å². The molecule has 1 aliphatic heterocycles. The van der Waals surface area contributed by atoms with Gasteiger partial charge in [0.25, 0.3) is 5.91 Å². The summed E-state index contributed by atoms with van der Waals surface area (Å²) in [5.74, 6) is 0.195. The molecule has 2 heterocycles. The first-order valence-corrected chi connectivity index (χ1v) is 9.76. The van der Waals surface area contributed by atoms with Crippen LogP contribution in [0, 0.1) is 11.3 Å². The maximum Gasteiger partial charge on any atom is 0.260 e. The zero-order chi connectivity index (χ0) is 18.5. The van der Waals surface area contributed by atoms with Crippen LogP contribution in [0.3, 0.4) is 0 Å². The number of hydrogen-bond donors (Lipinski definition) is 1. The molecule has 1 N–H and O–H groups in total. The Labute approximate surface area is 158 Å². The van der Waals surface area contributed by atoms with Gasteiger partial charge in [-0.3, -0.25) is 9.89 Å². The molecule has 2 fully saturated rings. The Bertz CT molecular complexity index is 835. The second-order valence-corrected chi connectivity index (χ2v) is 9.03. The molecule has 2 aliphatic rings. The summed E-state index contributed by atoms with van der Waals surface area (Å²) in [5.41, 5.74) is 0.734. The molecule has 0 spiro atoms. The number of nitrogens with one attached hydrogen (secondary N) is 1. The summed E-state index contributed by atoms with van der Waals surface area (Å²) in [6, 6.07) is 3.94. The van der Waals surface area contributed by atoms with Crippen molar-refractivity contribution in [3.63, 3.8) is 0 Å². The van der Waals surface area contributed by atoms with Crippen molar-refractivity contribution in [2.45, 2.75) is 51.6 Å². The predicted molar refractivity (Wildman–Crippen MR) is 101 cm³/mol. The number of hydrogen-bond acceptors (Lipinski definition) is 2. The van der Waals surface area contributed by atoms with Crippen molar-refractivity contribution in [1.82, 2.24) is 15.1 Å². The Morgan fingerprint density at radius 1 is 1.38 bits per heavy atom. The molecule has 6 heteroatoms.